The lowest BCUT2D eigenvalue weighted by Gasteiger charge is -2.48. The van der Waals surface area contributed by atoms with E-state index in [1.807, 2.05) is 36.1 Å². The van der Waals surface area contributed by atoms with Gasteiger partial charge >= 0.3 is 0 Å². The minimum absolute atomic E-state index is 0.00147. The molecule has 5 rings (SSSR count). The van der Waals surface area contributed by atoms with Crippen LogP contribution in [0.1, 0.15) is 36.7 Å². The Morgan fingerprint density at radius 1 is 1.13 bits per heavy atom. The van der Waals surface area contributed by atoms with E-state index in [-0.39, 0.29) is 29.5 Å². The van der Waals surface area contributed by atoms with Crippen molar-refractivity contribution in [3.63, 3.8) is 0 Å². The van der Waals surface area contributed by atoms with E-state index in [2.05, 4.69) is 32.7 Å². The molecular weight excluding hydrogens is 517 g/mol. The zero-order valence-corrected chi connectivity index (χ0v) is 22.4. The molecule has 1 aliphatic rings. The van der Waals surface area contributed by atoms with Crippen molar-refractivity contribution in [2.24, 2.45) is 7.05 Å². The molecule has 0 amide bonds. The van der Waals surface area contributed by atoms with Gasteiger partial charge in [0.2, 0.25) is 5.52 Å². The van der Waals surface area contributed by atoms with Crippen molar-refractivity contribution in [2.75, 3.05) is 18.0 Å². The molecule has 4 heterocycles. The quantitative estimate of drug-likeness (QED) is 0.329. The highest BCUT2D eigenvalue weighted by Crippen LogP contribution is 2.37. The lowest BCUT2D eigenvalue weighted by molar-refractivity contribution is 0.128. The Hall–Kier alpha value is -4.31. The molecule has 0 N–H and O–H groups in total. The van der Waals surface area contributed by atoms with Gasteiger partial charge in [-0.3, -0.25) is 14.7 Å². The molecule has 1 saturated heterocycles. The van der Waals surface area contributed by atoms with Crippen molar-refractivity contribution in [3.05, 3.63) is 104 Å². The predicted octanol–water partition coefficient (Wildman–Crippen LogP) is 5.23. The van der Waals surface area contributed by atoms with Crippen LogP contribution in [0.3, 0.4) is 0 Å². The highest BCUT2D eigenvalue weighted by atomic mass is 35.5. The number of aromatic nitrogens is 3. The van der Waals surface area contributed by atoms with Crippen molar-refractivity contribution in [2.45, 2.75) is 32.0 Å². The highest BCUT2D eigenvalue weighted by Gasteiger charge is 2.38. The number of anilines is 1. The fourth-order valence-electron chi connectivity index (χ4n) is 5.38. The SMILES string of the molecule is [C-]#[N+]c1ccc2c(n1)c(N1C[C@@H](C)N(C(c3ccc(Cl)cc3)c3ccc(F)cn3)C[C@@H]1C)c(C#N)c(=O)n2C. The molecule has 4 aromatic rings. The molecule has 0 bridgehead atoms. The molecular formula is C29H25ClFN7O. The van der Waals surface area contributed by atoms with E-state index < -0.39 is 11.4 Å². The lowest BCUT2D eigenvalue weighted by atomic mass is 9.96. The van der Waals surface area contributed by atoms with Gasteiger partial charge < -0.3 is 14.3 Å². The van der Waals surface area contributed by atoms with Crippen LogP contribution in [0.4, 0.5) is 15.9 Å². The fourth-order valence-corrected chi connectivity index (χ4v) is 5.50. The standard InChI is InChI=1S/C29H25ClFN7O/c1-17-16-38(28-22(13-32)29(39)36(4)24-11-12-25(33-3)35-26(24)28)18(2)15-37(17)27(19-5-7-20(30)8-6-19)23-10-9-21(31)14-34-23/h5-12,14,17-18,27H,15-16H2,1-2,4H3/t17-,18+,27?/m1/s1. The normalized spacial score (nSPS) is 18.5. The second kappa shape index (κ2) is 10.5. The lowest BCUT2D eigenvalue weighted by Crippen LogP contribution is -2.58. The molecule has 39 heavy (non-hydrogen) atoms. The molecule has 0 saturated carbocycles. The third-order valence-corrected chi connectivity index (χ3v) is 7.55. The van der Waals surface area contributed by atoms with E-state index >= 15 is 0 Å². The number of nitrogens with zero attached hydrogens (tertiary/aromatic N) is 7. The minimum Gasteiger partial charge on any atom is -0.361 e. The number of pyridine rings is 3. The summed E-state index contributed by atoms with van der Waals surface area (Å²) in [6.07, 6.45) is 1.22. The minimum atomic E-state index is -0.410. The van der Waals surface area contributed by atoms with Crippen LogP contribution >= 0.6 is 11.6 Å². The average molecular weight is 542 g/mol. The Morgan fingerprint density at radius 3 is 2.51 bits per heavy atom. The summed E-state index contributed by atoms with van der Waals surface area (Å²) in [6, 6.07) is 15.5. The van der Waals surface area contributed by atoms with E-state index in [1.165, 1.54) is 16.8 Å². The maximum Gasteiger partial charge on any atom is 0.271 e. The number of piperazine rings is 1. The number of hydrogen-bond acceptors (Lipinski definition) is 6. The van der Waals surface area contributed by atoms with Gasteiger partial charge in [0, 0.05) is 37.2 Å². The van der Waals surface area contributed by atoms with E-state index in [0.717, 1.165) is 5.56 Å². The number of aryl methyl sites for hydroxylation is 1. The summed E-state index contributed by atoms with van der Waals surface area (Å²) >= 11 is 6.17. The molecule has 1 aliphatic heterocycles. The van der Waals surface area contributed by atoms with Crippen molar-refractivity contribution in [3.8, 4) is 6.07 Å². The second-order valence-corrected chi connectivity index (χ2v) is 10.2. The van der Waals surface area contributed by atoms with E-state index in [0.29, 0.717) is 40.5 Å². The molecule has 3 aromatic heterocycles. The van der Waals surface area contributed by atoms with Crippen LogP contribution in [0.25, 0.3) is 15.9 Å². The molecule has 1 fully saturated rings. The van der Waals surface area contributed by atoms with Crippen LogP contribution in [0.2, 0.25) is 5.02 Å². The monoisotopic (exact) mass is 541 g/mol. The first-order valence-electron chi connectivity index (χ1n) is 12.4. The van der Waals surface area contributed by atoms with Crippen LogP contribution in [0, 0.1) is 23.7 Å². The van der Waals surface area contributed by atoms with Gasteiger partial charge in [-0.1, -0.05) is 30.3 Å². The van der Waals surface area contributed by atoms with Crippen LogP contribution in [-0.2, 0) is 7.05 Å². The first-order valence-corrected chi connectivity index (χ1v) is 12.8. The number of nitriles is 1. The van der Waals surface area contributed by atoms with Gasteiger partial charge in [0.1, 0.15) is 23.1 Å². The molecule has 0 spiro atoms. The number of hydrogen-bond donors (Lipinski definition) is 0. The summed E-state index contributed by atoms with van der Waals surface area (Å²) in [5.74, 6) is -0.219. The molecule has 3 atom stereocenters. The van der Waals surface area contributed by atoms with Crippen LogP contribution in [0.5, 0.6) is 0 Å². The fraction of sp³-hybridized carbons (Fsp3) is 0.276. The highest BCUT2D eigenvalue weighted by molar-refractivity contribution is 6.30. The van der Waals surface area contributed by atoms with Crippen LogP contribution in [0.15, 0.2) is 59.5 Å². The summed E-state index contributed by atoms with van der Waals surface area (Å²) in [5, 5.41) is 10.7. The summed E-state index contributed by atoms with van der Waals surface area (Å²) in [6.45, 7) is 12.6. The second-order valence-electron chi connectivity index (χ2n) is 9.75. The molecule has 8 nitrogen and oxygen atoms in total. The van der Waals surface area contributed by atoms with E-state index in [1.54, 1.807) is 25.2 Å². The summed E-state index contributed by atoms with van der Waals surface area (Å²) in [5.41, 5.74) is 2.71. The third kappa shape index (κ3) is 4.72. The van der Waals surface area contributed by atoms with Gasteiger partial charge in [-0.15, -0.1) is 4.98 Å². The first kappa shape index (κ1) is 26.3. The first-order chi connectivity index (χ1) is 18.7. The molecule has 0 aliphatic carbocycles. The van der Waals surface area contributed by atoms with E-state index in [4.69, 9.17) is 18.2 Å². The Labute approximate surface area is 230 Å². The summed E-state index contributed by atoms with van der Waals surface area (Å²) in [7, 11) is 1.60. The van der Waals surface area contributed by atoms with Crippen molar-refractivity contribution in [1.82, 2.24) is 19.4 Å². The Balaban J connectivity index is 1.61. The zero-order chi connectivity index (χ0) is 27.8. The maximum absolute atomic E-state index is 13.8. The van der Waals surface area contributed by atoms with E-state index in [9.17, 15) is 14.4 Å². The van der Waals surface area contributed by atoms with Gasteiger partial charge in [0.15, 0.2) is 0 Å². The number of halogens is 2. The maximum atomic E-state index is 13.8. The van der Waals surface area contributed by atoms with Gasteiger partial charge in [0.25, 0.3) is 11.4 Å². The van der Waals surface area contributed by atoms with Crippen LogP contribution < -0.4 is 10.5 Å². The van der Waals surface area contributed by atoms with Crippen molar-refractivity contribution >= 4 is 34.1 Å². The van der Waals surface area contributed by atoms with Gasteiger partial charge in [-0.25, -0.2) is 4.39 Å². The predicted molar refractivity (Wildman–Crippen MR) is 148 cm³/mol. The number of fused-ring (bicyclic) bond motifs is 1. The number of benzene rings is 1. The molecule has 1 unspecified atom stereocenters. The zero-order valence-electron chi connectivity index (χ0n) is 21.6. The smallest absolute Gasteiger partial charge is 0.271 e. The topological polar surface area (TPSA) is 82.4 Å². The van der Waals surface area contributed by atoms with Gasteiger partial charge in [0.05, 0.1) is 23.4 Å². The average Bonchev–Trinajstić information content (AvgIpc) is 2.94. The Kier molecular flexibility index (Phi) is 7.05. The molecule has 1 aromatic carbocycles. The summed E-state index contributed by atoms with van der Waals surface area (Å²) in [4.78, 5) is 29.9. The summed E-state index contributed by atoms with van der Waals surface area (Å²) < 4.78 is 15.2. The number of rotatable bonds is 4. The molecule has 196 valence electrons. The van der Waals surface area contributed by atoms with Gasteiger partial charge in [-0.05, 0) is 55.8 Å². The van der Waals surface area contributed by atoms with Gasteiger partial charge in [-0.2, -0.15) is 5.26 Å². The Bertz CT molecular complexity index is 1640. The molecule has 0 radical (unpaired) electrons. The van der Waals surface area contributed by atoms with Crippen molar-refractivity contribution < 1.29 is 4.39 Å². The van der Waals surface area contributed by atoms with Crippen molar-refractivity contribution in [1.29, 1.82) is 5.26 Å². The van der Waals surface area contributed by atoms with Crippen LogP contribution in [-0.4, -0.2) is 44.6 Å². The molecule has 10 heteroatoms. The Morgan fingerprint density at radius 2 is 1.87 bits per heavy atom. The third-order valence-electron chi connectivity index (χ3n) is 7.30. The largest absolute Gasteiger partial charge is 0.361 e.